The standard InChI is InChI=1S/C14H24N4O/c1-10(2)6-12-7-13(17(3)16-12)14(19)18-5-4-11(8-15)9-18/h7,10-11H,4-6,8-9,15H2,1-3H3/t11-/m0/s1. The van der Waals surface area contributed by atoms with E-state index >= 15 is 0 Å². The number of aryl methyl sites for hydroxylation is 1. The summed E-state index contributed by atoms with van der Waals surface area (Å²) in [6.45, 7) is 6.56. The molecule has 19 heavy (non-hydrogen) atoms. The molecule has 0 bridgehead atoms. The predicted molar refractivity (Wildman–Crippen MR) is 74.8 cm³/mol. The third kappa shape index (κ3) is 3.15. The van der Waals surface area contributed by atoms with Crippen LogP contribution >= 0.6 is 0 Å². The van der Waals surface area contributed by atoms with E-state index in [0.29, 0.717) is 24.1 Å². The number of hydrogen-bond acceptors (Lipinski definition) is 3. The summed E-state index contributed by atoms with van der Waals surface area (Å²) in [5.74, 6) is 1.08. The zero-order valence-corrected chi connectivity index (χ0v) is 12.1. The summed E-state index contributed by atoms with van der Waals surface area (Å²) in [5.41, 5.74) is 7.35. The monoisotopic (exact) mass is 264 g/mol. The lowest BCUT2D eigenvalue weighted by Crippen LogP contribution is -2.31. The molecule has 0 unspecified atom stereocenters. The third-order valence-electron chi connectivity index (χ3n) is 3.67. The van der Waals surface area contributed by atoms with Crippen molar-refractivity contribution >= 4 is 5.91 Å². The van der Waals surface area contributed by atoms with Gasteiger partial charge in [0, 0.05) is 20.1 Å². The predicted octanol–water partition coefficient (Wildman–Crippen LogP) is 1.04. The molecule has 0 saturated carbocycles. The van der Waals surface area contributed by atoms with Crippen molar-refractivity contribution in [2.24, 2.45) is 24.6 Å². The topological polar surface area (TPSA) is 64.2 Å². The number of amides is 1. The van der Waals surface area contributed by atoms with Gasteiger partial charge in [-0.1, -0.05) is 13.8 Å². The number of likely N-dealkylation sites (tertiary alicyclic amines) is 1. The van der Waals surface area contributed by atoms with Gasteiger partial charge in [-0.3, -0.25) is 9.48 Å². The summed E-state index contributed by atoms with van der Waals surface area (Å²) >= 11 is 0. The first-order valence-corrected chi connectivity index (χ1v) is 7.03. The molecule has 1 atom stereocenters. The van der Waals surface area contributed by atoms with Crippen molar-refractivity contribution in [1.82, 2.24) is 14.7 Å². The zero-order chi connectivity index (χ0) is 14.0. The molecule has 5 nitrogen and oxygen atoms in total. The molecule has 0 spiro atoms. The molecule has 2 rings (SSSR count). The Bertz CT molecular complexity index is 452. The Morgan fingerprint density at radius 2 is 2.32 bits per heavy atom. The number of hydrogen-bond donors (Lipinski definition) is 1. The van der Waals surface area contributed by atoms with Gasteiger partial charge in [0.25, 0.3) is 5.91 Å². The molecule has 0 aliphatic carbocycles. The van der Waals surface area contributed by atoms with Gasteiger partial charge < -0.3 is 10.6 Å². The molecule has 1 fully saturated rings. The summed E-state index contributed by atoms with van der Waals surface area (Å²) in [6, 6.07) is 1.93. The van der Waals surface area contributed by atoms with Crippen molar-refractivity contribution in [3.8, 4) is 0 Å². The van der Waals surface area contributed by atoms with Gasteiger partial charge in [-0.05, 0) is 37.3 Å². The van der Waals surface area contributed by atoms with Crippen molar-refractivity contribution in [2.75, 3.05) is 19.6 Å². The maximum Gasteiger partial charge on any atom is 0.272 e. The molecule has 1 aliphatic heterocycles. The lowest BCUT2D eigenvalue weighted by Gasteiger charge is -2.15. The molecular weight excluding hydrogens is 240 g/mol. The minimum absolute atomic E-state index is 0.0842. The normalized spacial score (nSPS) is 19.4. The van der Waals surface area contributed by atoms with Crippen LogP contribution in [0, 0.1) is 11.8 Å². The molecular formula is C14H24N4O. The van der Waals surface area contributed by atoms with Crippen LogP contribution in [-0.2, 0) is 13.5 Å². The molecule has 5 heteroatoms. The number of rotatable bonds is 4. The van der Waals surface area contributed by atoms with E-state index in [2.05, 4.69) is 18.9 Å². The molecule has 1 amide bonds. The van der Waals surface area contributed by atoms with E-state index < -0.39 is 0 Å². The van der Waals surface area contributed by atoms with Crippen LogP contribution in [0.4, 0.5) is 0 Å². The van der Waals surface area contributed by atoms with Gasteiger partial charge in [0.05, 0.1) is 5.69 Å². The van der Waals surface area contributed by atoms with Gasteiger partial charge in [0.2, 0.25) is 0 Å². The quantitative estimate of drug-likeness (QED) is 0.883. The summed E-state index contributed by atoms with van der Waals surface area (Å²) < 4.78 is 1.70. The molecule has 2 heterocycles. The van der Waals surface area contributed by atoms with Crippen LogP contribution in [0.1, 0.15) is 36.5 Å². The molecule has 1 aliphatic rings. The Kier molecular flexibility index (Phi) is 4.24. The summed E-state index contributed by atoms with van der Waals surface area (Å²) in [5, 5.41) is 4.43. The Balaban J connectivity index is 2.09. The molecule has 0 aromatic carbocycles. The van der Waals surface area contributed by atoms with E-state index in [1.165, 1.54) is 0 Å². The highest BCUT2D eigenvalue weighted by Gasteiger charge is 2.27. The number of aromatic nitrogens is 2. The summed E-state index contributed by atoms with van der Waals surface area (Å²) in [7, 11) is 1.84. The van der Waals surface area contributed by atoms with Crippen LogP contribution < -0.4 is 5.73 Å². The molecule has 1 aromatic heterocycles. The molecule has 1 saturated heterocycles. The maximum atomic E-state index is 12.5. The van der Waals surface area contributed by atoms with Crippen LogP contribution in [-0.4, -0.2) is 40.2 Å². The minimum Gasteiger partial charge on any atom is -0.337 e. The van der Waals surface area contributed by atoms with E-state index in [9.17, 15) is 4.79 Å². The van der Waals surface area contributed by atoms with E-state index in [1.54, 1.807) is 4.68 Å². The highest BCUT2D eigenvalue weighted by Crippen LogP contribution is 2.18. The lowest BCUT2D eigenvalue weighted by atomic mass is 10.1. The van der Waals surface area contributed by atoms with Gasteiger partial charge in [-0.15, -0.1) is 0 Å². The largest absolute Gasteiger partial charge is 0.337 e. The van der Waals surface area contributed by atoms with Crippen molar-refractivity contribution < 1.29 is 4.79 Å². The average Bonchev–Trinajstić information content (AvgIpc) is 2.94. The van der Waals surface area contributed by atoms with E-state index in [0.717, 1.165) is 31.6 Å². The Labute approximate surface area is 114 Å². The molecule has 1 aromatic rings. The van der Waals surface area contributed by atoms with Crippen LogP contribution in [0.2, 0.25) is 0 Å². The van der Waals surface area contributed by atoms with Crippen LogP contribution in [0.5, 0.6) is 0 Å². The second kappa shape index (κ2) is 5.74. The highest BCUT2D eigenvalue weighted by molar-refractivity contribution is 5.92. The van der Waals surface area contributed by atoms with Crippen molar-refractivity contribution in [2.45, 2.75) is 26.7 Å². The van der Waals surface area contributed by atoms with Crippen LogP contribution in [0.25, 0.3) is 0 Å². The Morgan fingerprint density at radius 1 is 1.58 bits per heavy atom. The van der Waals surface area contributed by atoms with Gasteiger partial charge >= 0.3 is 0 Å². The van der Waals surface area contributed by atoms with Gasteiger partial charge in [0.15, 0.2) is 0 Å². The van der Waals surface area contributed by atoms with E-state index in [-0.39, 0.29) is 5.91 Å². The fourth-order valence-corrected chi connectivity index (χ4v) is 2.62. The zero-order valence-electron chi connectivity index (χ0n) is 12.1. The molecule has 0 radical (unpaired) electrons. The summed E-state index contributed by atoms with van der Waals surface area (Å²) in [6.07, 6.45) is 1.92. The third-order valence-corrected chi connectivity index (χ3v) is 3.67. The fourth-order valence-electron chi connectivity index (χ4n) is 2.62. The van der Waals surface area contributed by atoms with Gasteiger partial charge in [-0.2, -0.15) is 5.10 Å². The smallest absolute Gasteiger partial charge is 0.272 e. The first kappa shape index (κ1) is 14.1. The SMILES string of the molecule is CC(C)Cc1cc(C(=O)N2CC[C@@H](CN)C2)n(C)n1. The van der Waals surface area contributed by atoms with Crippen LogP contribution in [0.15, 0.2) is 6.07 Å². The number of carbonyl (C=O) groups excluding carboxylic acids is 1. The van der Waals surface area contributed by atoms with Crippen LogP contribution in [0.3, 0.4) is 0 Å². The summed E-state index contributed by atoms with van der Waals surface area (Å²) in [4.78, 5) is 14.3. The Hall–Kier alpha value is -1.36. The second-order valence-corrected chi connectivity index (χ2v) is 5.88. The van der Waals surface area contributed by atoms with Crippen molar-refractivity contribution in [1.29, 1.82) is 0 Å². The van der Waals surface area contributed by atoms with Gasteiger partial charge in [0.1, 0.15) is 5.69 Å². The number of nitrogens with zero attached hydrogens (tertiary/aromatic N) is 3. The first-order valence-electron chi connectivity index (χ1n) is 7.03. The van der Waals surface area contributed by atoms with E-state index in [4.69, 9.17) is 5.73 Å². The number of carbonyl (C=O) groups is 1. The van der Waals surface area contributed by atoms with Crippen molar-refractivity contribution in [3.05, 3.63) is 17.5 Å². The first-order chi connectivity index (χ1) is 9.01. The van der Waals surface area contributed by atoms with Gasteiger partial charge in [-0.25, -0.2) is 0 Å². The molecule has 106 valence electrons. The Morgan fingerprint density at radius 3 is 2.89 bits per heavy atom. The molecule has 2 N–H and O–H groups in total. The number of nitrogens with two attached hydrogens (primary N) is 1. The van der Waals surface area contributed by atoms with E-state index in [1.807, 2.05) is 18.0 Å². The fraction of sp³-hybridized carbons (Fsp3) is 0.714. The lowest BCUT2D eigenvalue weighted by molar-refractivity contribution is 0.0777. The second-order valence-electron chi connectivity index (χ2n) is 5.88. The minimum atomic E-state index is 0.0842. The maximum absolute atomic E-state index is 12.5. The van der Waals surface area contributed by atoms with Crippen molar-refractivity contribution in [3.63, 3.8) is 0 Å². The highest BCUT2D eigenvalue weighted by atomic mass is 16.2. The average molecular weight is 264 g/mol.